The van der Waals surface area contributed by atoms with Crippen LogP contribution in [0.2, 0.25) is 0 Å². The lowest BCUT2D eigenvalue weighted by molar-refractivity contribution is -0.160. The van der Waals surface area contributed by atoms with Gasteiger partial charge in [0.05, 0.1) is 19.3 Å². The summed E-state index contributed by atoms with van der Waals surface area (Å²) in [6.45, 7) is 4.37. The van der Waals surface area contributed by atoms with Gasteiger partial charge >= 0.3 is 5.97 Å². The van der Waals surface area contributed by atoms with E-state index in [1.54, 1.807) is 6.92 Å². The first kappa shape index (κ1) is 16.7. The molecule has 0 spiro atoms. The Hall–Kier alpha value is -1.39. The zero-order valence-corrected chi connectivity index (χ0v) is 12.2. The summed E-state index contributed by atoms with van der Waals surface area (Å²) in [6.07, 6.45) is 0.460. The Morgan fingerprint density at radius 3 is 2.55 bits per heavy atom. The van der Waals surface area contributed by atoms with Crippen LogP contribution in [-0.4, -0.2) is 29.9 Å². The summed E-state index contributed by atoms with van der Waals surface area (Å²) in [5, 5.41) is 9.99. The first-order valence-corrected chi connectivity index (χ1v) is 7.16. The molecule has 0 amide bonds. The number of ether oxygens (including phenoxy) is 2. The van der Waals surface area contributed by atoms with Crippen LogP contribution in [0.4, 0.5) is 0 Å². The first-order chi connectivity index (χ1) is 9.67. The van der Waals surface area contributed by atoms with Crippen LogP contribution < -0.4 is 0 Å². The highest BCUT2D eigenvalue weighted by molar-refractivity contribution is 5.69. The van der Waals surface area contributed by atoms with Gasteiger partial charge in [-0.2, -0.15) is 0 Å². The molecule has 1 rings (SSSR count). The fourth-order valence-electron chi connectivity index (χ4n) is 1.82. The minimum Gasteiger partial charge on any atom is -0.457 e. The zero-order valence-electron chi connectivity index (χ0n) is 12.2. The summed E-state index contributed by atoms with van der Waals surface area (Å²) in [7, 11) is 0. The number of esters is 1. The summed E-state index contributed by atoms with van der Waals surface area (Å²) >= 11 is 0. The molecule has 0 unspecified atom stereocenters. The lowest BCUT2D eigenvalue weighted by Crippen LogP contribution is -2.35. The predicted molar refractivity (Wildman–Crippen MR) is 77.2 cm³/mol. The van der Waals surface area contributed by atoms with E-state index in [1.807, 2.05) is 37.3 Å². The fourth-order valence-corrected chi connectivity index (χ4v) is 1.82. The molecule has 0 aliphatic rings. The molecular weight excluding hydrogens is 256 g/mol. The fraction of sp³-hybridized carbons (Fsp3) is 0.562. The molecule has 4 heteroatoms. The Morgan fingerprint density at radius 2 is 1.95 bits per heavy atom. The quantitative estimate of drug-likeness (QED) is 0.707. The average Bonchev–Trinajstić information content (AvgIpc) is 2.47. The van der Waals surface area contributed by atoms with Crippen molar-refractivity contribution in [1.82, 2.24) is 0 Å². The van der Waals surface area contributed by atoms with Gasteiger partial charge in [0.15, 0.2) is 6.10 Å². The largest absolute Gasteiger partial charge is 0.457 e. The number of hydrogen-bond acceptors (Lipinski definition) is 4. The molecular formula is C16H24O4. The zero-order chi connectivity index (χ0) is 14.8. The van der Waals surface area contributed by atoms with Crippen LogP contribution >= 0.6 is 0 Å². The van der Waals surface area contributed by atoms with Crippen LogP contribution in [-0.2, 0) is 20.9 Å². The Labute approximate surface area is 120 Å². The van der Waals surface area contributed by atoms with Gasteiger partial charge in [-0.1, -0.05) is 50.6 Å². The Kier molecular flexibility index (Phi) is 7.92. The average molecular weight is 280 g/mol. The highest BCUT2D eigenvalue weighted by atomic mass is 16.6. The maximum Gasteiger partial charge on any atom is 0.305 e. The third kappa shape index (κ3) is 6.17. The van der Waals surface area contributed by atoms with Crippen LogP contribution in [0.1, 0.15) is 38.7 Å². The van der Waals surface area contributed by atoms with Crippen molar-refractivity contribution < 1.29 is 19.4 Å². The monoisotopic (exact) mass is 280 g/mol. The SMILES string of the molecule is CCC[C@@H](O)[C@@H](COCc1ccccc1)OC(=O)CC. The summed E-state index contributed by atoms with van der Waals surface area (Å²) in [5.41, 5.74) is 1.05. The molecule has 0 aliphatic heterocycles. The van der Waals surface area contributed by atoms with E-state index in [0.29, 0.717) is 19.4 Å². The van der Waals surface area contributed by atoms with E-state index < -0.39 is 12.2 Å². The van der Waals surface area contributed by atoms with E-state index in [1.165, 1.54) is 0 Å². The number of carbonyl (C=O) groups excluding carboxylic acids is 1. The van der Waals surface area contributed by atoms with E-state index in [9.17, 15) is 9.90 Å². The van der Waals surface area contributed by atoms with E-state index in [2.05, 4.69) is 0 Å². The molecule has 20 heavy (non-hydrogen) atoms. The van der Waals surface area contributed by atoms with Gasteiger partial charge in [0, 0.05) is 6.42 Å². The predicted octanol–water partition coefficient (Wildman–Crippen LogP) is 2.69. The maximum absolute atomic E-state index is 11.4. The van der Waals surface area contributed by atoms with Crippen molar-refractivity contribution in [2.24, 2.45) is 0 Å². The molecule has 112 valence electrons. The lowest BCUT2D eigenvalue weighted by Gasteiger charge is -2.22. The molecule has 0 heterocycles. The van der Waals surface area contributed by atoms with E-state index in [0.717, 1.165) is 12.0 Å². The molecule has 1 aromatic carbocycles. The second kappa shape index (κ2) is 9.50. The molecule has 0 bridgehead atoms. The van der Waals surface area contributed by atoms with Gasteiger partial charge in [-0.3, -0.25) is 4.79 Å². The van der Waals surface area contributed by atoms with Gasteiger partial charge in [0.25, 0.3) is 0 Å². The van der Waals surface area contributed by atoms with Crippen molar-refractivity contribution >= 4 is 5.97 Å². The van der Waals surface area contributed by atoms with Gasteiger partial charge in [0.2, 0.25) is 0 Å². The van der Waals surface area contributed by atoms with Crippen LogP contribution in [0.3, 0.4) is 0 Å². The Bertz CT molecular complexity index is 377. The highest BCUT2D eigenvalue weighted by Crippen LogP contribution is 2.10. The summed E-state index contributed by atoms with van der Waals surface area (Å²) in [5.74, 6) is -0.312. The molecule has 4 nitrogen and oxygen atoms in total. The Balaban J connectivity index is 2.45. The number of hydrogen-bond donors (Lipinski definition) is 1. The minimum atomic E-state index is -0.675. The number of aliphatic hydroxyl groups excluding tert-OH is 1. The van der Waals surface area contributed by atoms with Crippen LogP contribution in [0.15, 0.2) is 30.3 Å². The molecule has 2 atom stereocenters. The number of carbonyl (C=O) groups is 1. The van der Waals surface area contributed by atoms with Crippen LogP contribution in [0, 0.1) is 0 Å². The number of benzene rings is 1. The summed E-state index contributed by atoms with van der Waals surface area (Å²) in [4.78, 5) is 11.4. The maximum atomic E-state index is 11.4. The summed E-state index contributed by atoms with van der Waals surface area (Å²) < 4.78 is 10.8. The molecule has 1 aromatic rings. The van der Waals surface area contributed by atoms with Crippen LogP contribution in [0.5, 0.6) is 0 Å². The van der Waals surface area contributed by atoms with E-state index in [4.69, 9.17) is 9.47 Å². The third-order valence-corrected chi connectivity index (χ3v) is 2.98. The first-order valence-electron chi connectivity index (χ1n) is 7.16. The van der Waals surface area contributed by atoms with Crippen molar-refractivity contribution in [2.45, 2.75) is 51.9 Å². The normalized spacial score (nSPS) is 13.8. The molecule has 1 N–H and O–H groups in total. The lowest BCUT2D eigenvalue weighted by atomic mass is 10.1. The third-order valence-electron chi connectivity index (χ3n) is 2.98. The van der Waals surface area contributed by atoms with E-state index in [-0.39, 0.29) is 12.6 Å². The van der Waals surface area contributed by atoms with Crippen molar-refractivity contribution in [1.29, 1.82) is 0 Å². The standard InChI is InChI=1S/C16H24O4/c1-3-8-14(17)15(20-16(18)4-2)12-19-11-13-9-6-5-7-10-13/h5-7,9-10,14-15,17H,3-4,8,11-12H2,1-2H3/t14-,15-/m1/s1. The van der Waals surface area contributed by atoms with Crippen molar-refractivity contribution in [3.63, 3.8) is 0 Å². The van der Waals surface area contributed by atoms with Crippen LogP contribution in [0.25, 0.3) is 0 Å². The van der Waals surface area contributed by atoms with Gasteiger partial charge in [-0.25, -0.2) is 0 Å². The minimum absolute atomic E-state index is 0.210. The van der Waals surface area contributed by atoms with Crippen molar-refractivity contribution in [3.8, 4) is 0 Å². The molecule has 0 saturated carbocycles. The second-order valence-corrected chi connectivity index (χ2v) is 4.74. The van der Waals surface area contributed by atoms with Gasteiger partial charge in [-0.05, 0) is 12.0 Å². The molecule has 0 aliphatic carbocycles. The molecule has 0 fully saturated rings. The van der Waals surface area contributed by atoms with Gasteiger partial charge in [-0.15, -0.1) is 0 Å². The second-order valence-electron chi connectivity index (χ2n) is 4.74. The van der Waals surface area contributed by atoms with Gasteiger partial charge in [0.1, 0.15) is 0 Å². The highest BCUT2D eigenvalue weighted by Gasteiger charge is 2.22. The number of aliphatic hydroxyl groups is 1. The van der Waals surface area contributed by atoms with Crippen molar-refractivity contribution in [2.75, 3.05) is 6.61 Å². The van der Waals surface area contributed by atoms with E-state index >= 15 is 0 Å². The topological polar surface area (TPSA) is 55.8 Å². The summed E-state index contributed by atoms with van der Waals surface area (Å²) in [6, 6.07) is 9.77. The molecule has 0 radical (unpaired) electrons. The Morgan fingerprint density at radius 1 is 1.25 bits per heavy atom. The van der Waals surface area contributed by atoms with Crippen molar-refractivity contribution in [3.05, 3.63) is 35.9 Å². The van der Waals surface area contributed by atoms with Gasteiger partial charge < -0.3 is 14.6 Å². The smallest absolute Gasteiger partial charge is 0.305 e. The number of rotatable bonds is 9. The molecule has 0 saturated heterocycles. The molecule has 0 aromatic heterocycles.